The number of benzene rings is 1. The van der Waals surface area contributed by atoms with Crippen LogP contribution in [0.5, 0.6) is 0 Å². The molecular formula is C10H13N5. The van der Waals surface area contributed by atoms with Gasteiger partial charge in [0.2, 0.25) is 5.95 Å². The van der Waals surface area contributed by atoms with Gasteiger partial charge in [0.25, 0.3) is 0 Å². The molecule has 0 aliphatic rings. The van der Waals surface area contributed by atoms with Gasteiger partial charge in [-0.2, -0.15) is 4.98 Å². The van der Waals surface area contributed by atoms with Gasteiger partial charge in [0, 0.05) is 11.3 Å². The van der Waals surface area contributed by atoms with Crippen molar-refractivity contribution in [1.29, 1.82) is 0 Å². The molecule has 0 spiro atoms. The van der Waals surface area contributed by atoms with Gasteiger partial charge in [-0.25, -0.2) is 0 Å². The summed E-state index contributed by atoms with van der Waals surface area (Å²) in [4.78, 5) is 4.06. The van der Waals surface area contributed by atoms with Crippen LogP contribution in [-0.2, 0) is 0 Å². The van der Waals surface area contributed by atoms with E-state index in [9.17, 15) is 0 Å². The predicted octanol–water partition coefficient (Wildman–Crippen LogP) is 1.25. The first-order chi connectivity index (χ1) is 7.08. The lowest BCUT2D eigenvalue weighted by Crippen LogP contribution is -1.96. The molecule has 2 aromatic rings. The molecule has 0 unspecified atom stereocenters. The second-order valence-corrected chi connectivity index (χ2v) is 3.59. The molecule has 5 heteroatoms. The fourth-order valence-corrected chi connectivity index (χ4v) is 1.57. The number of hydrogen-bond acceptors (Lipinski definition) is 4. The van der Waals surface area contributed by atoms with Crippen molar-refractivity contribution in [3.63, 3.8) is 0 Å². The fourth-order valence-electron chi connectivity index (χ4n) is 1.57. The Morgan fingerprint density at radius 3 is 2.53 bits per heavy atom. The second-order valence-electron chi connectivity index (χ2n) is 3.59. The van der Waals surface area contributed by atoms with E-state index in [1.165, 1.54) is 0 Å². The second kappa shape index (κ2) is 3.27. The van der Waals surface area contributed by atoms with E-state index in [1.807, 2.05) is 26.0 Å². The van der Waals surface area contributed by atoms with Crippen LogP contribution in [0.15, 0.2) is 12.1 Å². The van der Waals surface area contributed by atoms with Crippen LogP contribution < -0.4 is 11.5 Å². The predicted molar refractivity (Wildman–Crippen MR) is 60.1 cm³/mol. The van der Waals surface area contributed by atoms with Gasteiger partial charge in [0.1, 0.15) is 0 Å². The third kappa shape index (κ3) is 1.63. The number of nitrogens with two attached hydrogens (primary N) is 2. The molecule has 0 fully saturated rings. The average Bonchev–Trinajstić information content (AvgIpc) is 2.58. The molecular weight excluding hydrogens is 190 g/mol. The maximum Gasteiger partial charge on any atom is 0.239 e. The summed E-state index contributed by atoms with van der Waals surface area (Å²) in [5, 5.41) is 6.53. The molecule has 0 radical (unpaired) electrons. The molecule has 0 aliphatic heterocycles. The van der Waals surface area contributed by atoms with Gasteiger partial charge >= 0.3 is 0 Å². The van der Waals surface area contributed by atoms with Crippen LogP contribution in [0.2, 0.25) is 0 Å². The molecule has 1 heterocycles. The summed E-state index contributed by atoms with van der Waals surface area (Å²) in [7, 11) is 0. The lowest BCUT2D eigenvalue weighted by atomic mass is 10.0. The molecule has 1 aromatic heterocycles. The molecule has 0 amide bonds. The Kier molecular flexibility index (Phi) is 2.07. The maximum atomic E-state index is 5.96. The first-order valence-electron chi connectivity index (χ1n) is 4.63. The van der Waals surface area contributed by atoms with Gasteiger partial charge in [-0.3, -0.25) is 5.10 Å². The highest BCUT2D eigenvalue weighted by atomic mass is 15.3. The van der Waals surface area contributed by atoms with Crippen molar-refractivity contribution in [2.45, 2.75) is 13.8 Å². The van der Waals surface area contributed by atoms with E-state index in [1.54, 1.807) is 0 Å². The minimum atomic E-state index is 0.226. The molecule has 0 aliphatic carbocycles. The van der Waals surface area contributed by atoms with Gasteiger partial charge in [-0.1, -0.05) is 6.07 Å². The van der Waals surface area contributed by atoms with Crippen molar-refractivity contribution in [1.82, 2.24) is 15.2 Å². The molecule has 0 bridgehead atoms. The van der Waals surface area contributed by atoms with Crippen LogP contribution in [0.3, 0.4) is 0 Å². The van der Waals surface area contributed by atoms with Crippen LogP contribution in [-0.4, -0.2) is 15.2 Å². The van der Waals surface area contributed by atoms with Crippen molar-refractivity contribution >= 4 is 11.6 Å². The smallest absolute Gasteiger partial charge is 0.239 e. The van der Waals surface area contributed by atoms with Crippen molar-refractivity contribution in [3.8, 4) is 11.4 Å². The number of anilines is 2. The highest BCUT2D eigenvalue weighted by molar-refractivity contribution is 5.75. The molecule has 0 saturated heterocycles. The number of nitrogen functional groups attached to an aromatic ring is 2. The SMILES string of the molecule is Cc1cc(C)c(N)c(-c2nc(N)n[nH]2)c1. The van der Waals surface area contributed by atoms with E-state index in [4.69, 9.17) is 11.5 Å². The van der Waals surface area contributed by atoms with E-state index < -0.39 is 0 Å². The third-order valence-electron chi connectivity index (χ3n) is 2.29. The standard InChI is InChI=1S/C10H13N5/c1-5-3-6(2)8(11)7(4-5)9-13-10(12)15-14-9/h3-4H,11H2,1-2H3,(H3,12,13,14,15). The molecule has 15 heavy (non-hydrogen) atoms. The van der Waals surface area contributed by atoms with Crippen LogP contribution in [0.4, 0.5) is 11.6 Å². The Morgan fingerprint density at radius 2 is 1.93 bits per heavy atom. The summed E-state index contributed by atoms with van der Waals surface area (Å²) in [6.45, 7) is 3.97. The number of aromatic amines is 1. The lowest BCUT2D eigenvalue weighted by Gasteiger charge is -2.07. The molecule has 5 nitrogen and oxygen atoms in total. The highest BCUT2D eigenvalue weighted by Gasteiger charge is 2.09. The molecule has 0 saturated carbocycles. The largest absolute Gasteiger partial charge is 0.398 e. The van der Waals surface area contributed by atoms with E-state index >= 15 is 0 Å². The summed E-state index contributed by atoms with van der Waals surface area (Å²) < 4.78 is 0. The Balaban J connectivity index is 2.62. The van der Waals surface area contributed by atoms with Crippen molar-refractivity contribution in [3.05, 3.63) is 23.3 Å². The van der Waals surface area contributed by atoms with E-state index in [-0.39, 0.29) is 5.95 Å². The summed E-state index contributed by atoms with van der Waals surface area (Å²) in [5.74, 6) is 0.834. The molecule has 2 rings (SSSR count). The summed E-state index contributed by atoms with van der Waals surface area (Å²) in [6, 6.07) is 3.99. The monoisotopic (exact) mass is 203 g/mol. The Hall–Kier alpha value is -2.04. The number of nitrogens with zero attached hydrogens (tertiary/aromatic N) is 2. The first kappa shape index (κ1) is 9.51. The van der Waals surface area contributed by atoms with Gasteiger partial charge in [0.15, 0.2) is 5.82 Å². The van der Waals surface area contributed by atoms with Crippen LogP contribution in [0, 0.1) is 13.8 Å². The van der Waals surface area contributed by atoms with Gasteiger partial charge < -0.3 is 11.5 Å². The summed E-state index contributed by atoms with van der Waals surface area (Å²) in [6.07, 6.45) is 0. The number of nitrogens with one attached hydrogen (secondary N) is 1. The highest BCUT2D eigenvalue weighted by Crippen LogP contribution is 2.27. The minimum absolute atomic E-state index is 0.226. The quantitative estimate of drug-likeness (QED) is 0.608. The third-order valence-corrected chi connectivity index (χ3v) is 2.29. The van der Waals surface area contributed by atoms with Crippen molar-refractivity contribution < 1.29 is 0 Å². The van der Waals surface area contributed by atoms with Gasteiger partial charge in [-0.05, 0) is 31.0 Å². The Morgan fingerprint density at radius 1 is 1.20 bits per heavy atom. The molecule has 0 atom stereocenters. The number of H-pyrrole nitrogens is 1. The number of aromatic nitrogens is 3. The molecule has 5 N–H and O–H groups in total. The number of aryl methyl sites for hydroxylation is 2. The van der Waals surface area contributed by atoms with E-state index in [0.29, 0.717) is 11.5 Å². The zero-order chi connectivity index (χ0) is 11.0. The van der Waals surface area contributed by atoms with E-state index in [0.717, 1.165) is 16.7 Å². The van der Waals surface area contributed by atoms with Crippen molar-refractivity contribution in [2.75, 3.05) is 11.5 Å². The fraction of sp³-hybridized carbons (Fsp3) is 0.200. The van der Waals surface area contributed by atoms with Gasteiger partial charge in [-0.15, -0.1) is 5.10 Å². The van der Waals surface area contributed by atoms with Gasteiger partial charge in [0.05, 0.1) is 0 Å². The minimum Gasteiger partial charge on any atom is -0.398 e. The zero-order valence-corrected chi connectivity index (χ0v) is 8.70. The normalized spacial score (nSPS) is 10.5. The van der Waals surface area contributed by atoms with Crippen molar-refractivity contribution in [2.24, 2.45) is 0 Å². The number of hydrogen-bond donors (Lipinski definition) is 3. The maximum absolute atomic E-state index is 5.96. The van der Waals surface area contributed by atoms with E-state index in [2.05, 4.69) is 15.2 Å². The van der Waals surface area contributed by atoms with Crippen LogP contribution >= 0.6 is 0 Å². The topological polar surface area (TPSA) is 93.6 Å². The Labute approximate surface area is 87.5 Å². The Bertz CT molecular complexity index is 501. The first-order valence-corrected chi connectivity index (χ1v) is 4.63. The van der Waals surface area contributed by atoms with Crippen LogP contribution in [0.25, 0.3) is 11.4 Å². The summed E-state index contributed by atoms with van der Waals surface area (Å²) in [5.41, 5.74) is 15.1. The number of rotatable bonds is 1. The average molecular weight is 203 g/mol. The molecule has 78 valence electrons. The molecule has 1 aromatic carbocycles. The summed E-state index contributed by atoms with van der Waals surface area (Å²) >= 11 is 0. The zero-order valence-electron chi connectivity index (χ0n) is 8.70. The van der Waals surface area contributed by atoms with Crippen LogP contribution in [0.1, 0.15) is 11.1 Å². The lowest BCUT2D eigenvalue weighted by molar-refractivity contribution is 1.10.